The van der Waals surface area contributed by atoms with E-state index in [1.807, 2.05) is 13.8 Å². The van der Waals surface area contributed by atoms with E-state index in [1.54, 1.807) is 60.9 Å². The van der Waals surface area contributed by atoms with Crippen LogP contribution in [-0.4, -0.2) is 334 Å². The number of nitrogens with zero attached hydrogens (tertiary/aromatic N) is 6. The van der Waals surface area contributed by atoms with Crippen molar-refractivity contribution < 1.29 is 102 Å². The van der Waals surface area contributed by atoms with E-state index in [0.717, 1.165) is 31.4 Å². The number of aromatic nitrogens is 4. The summed E-state index contributed by atoms with van der Waals surface area (Å²) in [6, 6.07) is -2.93. The number of rotatable bonds is 27. The quantitative estimate of drug-likeness (QED) is 0.0134. The standard InChI is InChI=1S/C90H126N24O21S/c1-7-9-24-69-82(128)102-60(23-16-32-96-90(93)94)78(124)109-68(77(123)99-43-73(92)118)46-136-47-74(119)101-64(34-50-27-29-54(116)30-28-50)85(131)110(4)49(3)76(122)103-61(22-15-31-91)87(133)113-33-17-26-70(113)83(129)105-63(37-53-42-95-48-100-53)80(126)107-66(39-75(120)121)88(134)114-44-55(117)38-72(114)84(130)104-62(35-51-40-97-58-20-13-11-18-56(51)58)79(125)108-67(45-115)81(127)106-65(36-52-41-98-59-21-14-12-19-57(52)59)86(132)112(6)71(25-10-8-2)89(135)111(69)5/h11-14,18-21,27-30,40-42,48-49,55,60-72,97-98,115-117H,7-10,15-17,22-26,31-39,43-47,91H2,1-6H3,(H2,92,118)(H,95,100)(H,99,123)(H,101,119)(H,102,128)(H,103,122)(H,104,130)(H,105,129)(H,106,127)(H,107,126)(H,108,125)(H,109,124)(H,120,121)(H4,93,94,96)/t49-,55+,60-,61-,62-,63-,64-,65-,66-,67-,68-,69-,70-,71-,72-/m0/s1. The van der Waals surface area contributed by atoms with Crippen LogP contribution in [0.1, 0.15) is 133 Å². The topological polar surface area (TPSA) is 682 Å². The number of phenolic OH excluding ortho intramolecular Hbond substituents is 1. The van der Waals surface area contributed by atoms with Gasteiger partial charge in [0.15, 0.2) is 5.96 Å². The van der Waals surface area contributed by atoms with Crippen LogP contribution >= 0.6 is 11.8 Å². The fourth-order valence-electron chi connectivity index (χ4n) is 16.6. The third-order valence-electron chi connectivity index (χ3n) is 24.3. The number of carboxylic acid groups (broad SMARTS) is 1. The number of thioether (sulfide) groups is 1. The molecule has 16 amide bonds. The zero-order chi connectivity index (χ0) is 99.1. The number of aromatic amines is 3. The molecule has 0 radical (unpaired) electrons. The van der Waals surface area contributed by atoms with Crippen molar-refractivity contribution in [2.75, 3.05) is 72.0 Å². The van der Waals surface area contributed by atoms with Gasteiger partial charge in [0.1, 0.15) is 90.3 Å². The molecule has 738 valence electrons. The minimum atomic E-state index is -2.06. The fourth-order valence-corrected chi connectivity index (χ4v) is 17.5. The Kier molecular flexibility index (Phi) is 39.8. The number of fused-ring (bicyclic) bond motifs is 4. The van der Waals surface area contributed by atoms with Gasteiger partial charge in [-0.2, -0.15) is 0 Å². The molecule has 3 aromatic carbocycles. The summed E-state index contributed by atoms with van der Waals surface area (Å²) < 4.78 is 0. The summed E-state index contributed by atoms with van der Waals surface area (Å²) in [5.41, 5.74) is 19.8. The second kappa shape index (κ2) is 51.1. The number of benzene rings is 3. The lowest BCUT2D eigenvalue weighted by atomic mass is 10.00. The molecule has 0 bridgehead atoms. The molecule has 0 spiro atoms. The van der Waals surface area contributed by atoms with Crippen molar-refractivity contribution >= 4 is 140 Å². The van der Waals surface area contributed by atoms with Crippen LogP contribution in [-0.2, 0) is 107 Å². The molecule has 25 N–H and O–H groups in total. The highest BCUT2D eigenvalue weighted by Crippen LogP contribution is 2.28. The Morgan fingerprint density at radius 2 is 1.09 bits per heavy atom. The van der Waals surface area contributed by atoms with Crippen LogP contribution in [0.15, 0.2) is 97.7 Å². The Balaban J connectivity index is 1.10. The van der Waals surface area contributed by atoms with Crippen molar-refractivity contribution in [3.8, 4) is 5.75 Å². The number of imidazole rings is 1. The molecule has 3 fully saturated rings. The number of carboxylic acids is 1. The van der Waals surface area contributed by atoms with Crippen molar-refractivity contribution in [3.05, 3.63) is 120 Å². The molecule has 6 aromatic rings. The molecule has 0 aliphatic carbocycles. The van der Waals surface area contributed by atoms with Crippen LogP contribution in [0.3, 0.4) is 0 Å². The molecule has 6 heterocycles. The maximum Gasteiger partial charge on any atom is 0.305 e. The minimum absolute atomic E-state index is 0.00143. The molecular weight excluding hydrogens is 1790 g/mol. The van der Waals surface area contributed by atoms with Crippen LogP contribution < -0.4 is 75.7 Å². The predicted molar refractivity (Wildman–Crippen MR) is 497 cm³/mol. The van der Waals surface area contributed by atoms with E-state index in [1.165, 1.54) is 69.8 Å². The summed E-state index contributed by atoms with van der Waals surface area (Å²) in [4.78, 5) is 269. The Hall–Kier alpha value is -13.8. The number of H-pyrrole nitrogens is 3. The summed E-state index contributed by atoms with van der Waals surface area (Å²) in [6.45, 7) is 2.42. The highest BCUT2D eigenvalue weighted by Gasteiger charge is 2.47. The van der Waals surface area contributed by atoms with E-state index < -0.39 is 248 Å². The number of aromatic hydroxyl groups is 1. The van der Waals surface area contributed by atoms with Gasteiger partial charge in [-0.3, -0.25) is 86.9 Å². The first kappa shape index (κ1) is 106. The Morgan fingerprint density at radius 3 is 1.69 bits per heavy atom. The van der Waals surface area contributed by atoms with Crippen molar-refractivity contribution in [3.63, 3.8) is 0 Å². The molecular formula is C90H126N24O21S. The number of carbonyl (C=O) groups excluding carboxylic acids is 16. The molecule has 3 aliphatic heterocycles. The highest BCUT2D eigenvalue weighted by molar-refractivity contribution is 8.00. The number of likely N-dealkylation sites (N-methyl/N-ethyl adjacent to an activating group) is 3. The lowest BCUT2D eigenvalue weighted by Gasteiger charge is -2.36. The van der Waals surface area contributed by atoms with Gasteiger partial charge in [0.2, 0.25) is 94.5 Å². The number of carbonyl (C=O) groups is 17. The fraction of sp³-hybridized carbons (Fsp3) is 0.522. The summed E-state index contributed by atoms with van der Waals surface area (Å²) >= 11 is 0.773. The second-order valence-electron chi connectivity index (χ2n) is 34.2. The number of hydrogen-bond donors (Lipinski definition) is 22. The first-order valence-electron chi connectivity index (χ1n) is 45.4. The van der Waals surface area contributed by atoms with Crippen LogP contribution in [0.5, 0.6) is 5.75 Å². The van der Waals surface area contributed by atoms with E-state index in [2.05, 4.69) is 78.4 Å². The van der Waals surface area contributed by atoms with Crippen LogP contribution in [0.4, 0.5) is 0 Å². The zero-order valence-corrected chi connectivity index (χ0v) is 77.7. The number of phenols is 1. The number of nitrogens with two attached hydrogens (primary N) is 3. The first-order chi connectivity index (χ1) is 64.9. The van der Waals surface area contributed by atoms with Gasteiger partial charge in [-0.05, 0) is 106 Å². The maximum atomic E-state index is 15.7. The van der Waals surface area contributed by atoms with Crippen molar-refractivity contribution in [1.29, 1.82) is 5.41 Å². The van der Waals surface area contributed by atoms with E-state index >= 15 is 38.4 Å². The van der Waals surface area contributed by atoms with Crippen LogP contribution in [0.25, 0.3) is 21.8 Å². The van der Waals surface area contributed by atoms with E-state index in [9.17, 15) is 63.6 Å². The van der Waals surface area contributed by atoms with Gasteiger partial charge in [0, 0.05) is 119 Å². The smallest absolute Gasteiger partial charge is 0.305 e. The molecule has 9 rings (SSSR count). The van der Waals surface area contributed by atoms with E-state index in [4.69, 9.17) is 22.6 Å². The Morgan fingerprint density at radius 1 is 0.551 bits per heavy atom. The number of aliphatic hydroxyl groups excluding tert-OH is 2. The average molecular weight is 1910 g/mol. The van der Waals surface area contributed by atoms with Crippen molar-refractivity contribution in [1.82, 2.24) is 103 Å². The second-order valence-corrected chi connectivity index (χ2v) is 35.2. The SMILES string of the molecule is CCCC[C@H]1C(=O)N(C)[C@@H](CCCC)C(=O)N[C@@H](CCCNC(=N)N)C(=O)N[C@H](C(=O)NCC(N)=O)CSCC(=O)N[C@@H](Cc2ccc(O)cc2)C(=O)N(C)[C@@H](C)C(=O)N[C@@H](CCCN)C(=O)N2CCC[C@H]2C(=O)N[C@@H](Cc2c[nH]cn2)C(=O)N[C@@H](CC(=O)O)C(=O)N2C[C@H](O)C[C@H]2C(=O)N[C@@H](Cc2c[nH]c3ccccc23)C(=O)N[C@@H](CO)C(=O)N[C@@H](Cc2c[nH]c3ccccc23)C(=O)N1C. The van der Waals surface area contributed by atoms with Crippen molar-refractivity contribution in [2.45, 2.75) is 227 Å². The number of nitrogens with one attached hydrogen (secondary N) is 15. The van der Waals surface area contributed by atoms with Crippen molar-refractivity contribution in [2.24, 2.45) is 17.2 Å². The monoisotopic (exact) mass is 1910 g/mol. The lowest BCUT2D eigenvalue weighted by molar-refractivity contribution is -0.149. The number of amides is 16. The largest absolute Gasteiger partial charge is 0.508 e. The van der Waals surface area contributed by atoms with E-state index in [-0.39, 0.29) is 102 Å². The normalized spacial score (nSPS) is 24.6. The Bertz CT molecular complexity index is 5230. The molecule has 3 aromatic heterocycles. The number of aliphatic carboxylic acids is 1. The molecule has 0 saturated carbocycles. The van der Waals surface area contributed by atoms with Crippen LogP contribution in [0.2, 0.25) is 0 Å². The molecule has 3 aliphatic rings. The predicted octanol–water partition coefficient (Wildman–Crippen LogP) is -3.64. The summed E-state index contributed by atoms with van der Waals surface area (Å²) in [6.07, 6.45) is 2.89. The van der Waals surface area contributed by atoms with E-state index in [0.29, 0.717) is 64.2 Å². The van der Waals surface area contributed by atoms with Gasteiger partial charge < -0.3 is 136 Å². The van der Waals surface area contributed by atoms with Gasteiger partial charge in [-0.15, -0.1) is 11.8 Å². The number of guanidine groups is 1. The lowest BCUT2D eigenvalue weighted by Crippen LogP contribution is -2.62. The molecule has 15 atom stereocenters. The number of unbranched alkanes of at least 4 members (excludes halogenated alkanes) is 2. The van der Waals surface area contributed by atoms with Crippen LogP contribution in [0, 0.1) is 5.41 Å². The highest BCUT2D eigenvalue weighted by atomic mass is 32.2. The number of primary amides is 1. The minimum Gasteiger partial charge on any atom is -0.508 e. The van der Waals surface area contributed by atoms with Gasteiger partial charge in [0.05, 0.1) is 43.5 Å². The first-order valence-corrected chi connectivity index (χ1v) is 46.5. The molecule has 45 nitrogen and oxygen atoms in total. The summed E-state index contributed by atoms with van der Waals surface area (Å²) in [5, 5.41) is 81.0. The number of hydrogen-bond acceptors (Lipinski definition) is 24. The average Bonchev–Trinajstić information content (AvgIpc) is 1.18. The van der Waals surface area contributed by atoms with Gasteiger partial charge in [-0.1, -0.05) is 88.1 Å². The van der Waals surface area contributed by atoms with Gasteiger partial charge in [-0.25, -0.2) is 4.98 Å². The molecule has 3 saturated heterocycles. The maximum absolute atomic E-state index is 15.7. The molecule has 0 unspecified atom stereocenters. The molecule has 46 heteroatoms. The number of aliphatic hydroxyl groups is 2. The zero-order valence-electron chi connectivity index (χ0n) is 76.8. The summed E-state index contributed by atoms with van der Waals surface area (Å²) in [5.74, 6) is -18.7. The number of para-hydroxylation sites is 2. The van der Waals surface area contributed by atoms with Gasteiger partial charge in [0.25, 0.3) is 0 Å². The van der Waals surface area contributed by atoms with Gasteiger partial charge >= 0.3 is 5.97 Å². The third-order valence-corrected chi connectivity index (χ3v) is 25.3. The summed E-state index contributed by atoms with van der Waals surface area (Å²) in [7, 11) is 3.92. The molecule has 136 heavy (non-hydrogen) atoms. The third kappa shape index (κ3) is 29.4. The Labute approximate surface area is 788 Å².